The van der Waals surface area contributed by atoms with Crippen molar-refractivity contribution < 1.29 is 19.1 Å². The summed E-state index contributed by atoms with van der Waals surface area (Å²) in [5, 5.41) is 2.89. The Kier molecular flexibility index (Phi) is 6.86. The van der Waals surface area contributed by atoms with Gasteiger partial charge in [-0.25, -0.2) is 4.79 Å². The van der Waals surface area contributed by atoms with Gasteiger partial charge in [-0.15, -0.1) is 0 Å². The van der Waals surface area contributed by atoms with Gasteiger partial charge in [0.15, 0.2) is 6.10 Å². The SMILES string of the molecule is Cc1ccc(C)c(NC(=O)[C@H](OC(=O)[C@@H](C)Oc2ccccc2)c2ccccc2)c1. The van der Waals surface area contributed by atoms with Gasteiger partial charge in [-0.1, -0.05) is 60.7 Å². The molecule has 0 aliphatic carbocycles. The Morgan fingerprint density at radius 1 is 0.867 bits per heavy atom. The summed E-state index contributed by atoms with van der Waals surface area (Å²) >= 11 is 0. The summed E-state index contributed by atoms with van der Waals surface area (Å²) in [6.07, 6.45) is -1.97. The molecular weight excluding hydrogens is 378 g/mol. The lowest BCUT2D eigenvalue weighted by Crippen LogP contribution is -2.32. The molecule has 5 heteroatoms. The zero-order chi connectivity index (χ0) is 21.5. The minimum atomic E-state index is -1.10. The van der Waals surface area contributed by atoms with Gasteiger partial charge in [-0.3, -0.25) is 4.79 Å². The number of anilines is 1. The van der Waals surface area contributed by atoms with E-state index in [4.69, 9.17) is 9.47 Å². The Labute approximate surface area is 176 Å². The first-order valence-electron chi connectivity index (χ1n) is 9.79. The van der Waals surface area contributed by atoms with Gasteiger partial charge in [-0.05, 0) is 50.1 Å². The molecule has 3 rings (SSSR count). The molecule has 0 aliphatic rings. The van der Waals surface area contributed by atoms with E-state index in [9.17, 15) is 9.59 Å². The molecule has 3 aromatic rings. The Bertz CT molecular complexity index is 1000. The summed E-state index contributed by atoms with van der Waals surface area (Å²) in [5.74, 6) is -0.489. The zero-order valence-corrected chi connectivity index (χ0v) is 17.3. The van der Waals surface area contributed by atoms with Crippen molar-refractivity contribution in [2.24, 2.45) is 0 Å². The first kappa shape index (κ1) is 21.1. The second kappa shape index (κ2) is 9.74. The number of benzene rings is 3. The van der Waals surface area contributed by atoms with E-state index in [1.807, 2.05) is 56.3 Å². The van der Waals surface area contributed by atoms with Crippen LogP contribution in [-0.4, -0.2) is 18.0 Å². The van der Waals surface area contributed by atoms with Crippen LogP contribution in [0.25, 0.3) is 0 Å². The van der Waals surface area contributed by atoms with Crippen LogP contribution < -0.4 is 10.1 Å². The average Bonchev–Trinajstić information content (AvgIpc) is 2.75. The summed E-state index contributed by atoms with van der Waals surface area (Å²) in [7, 11) is 0. The van der Waals surface area contributed by atoms with Crippen LogP contribution in [0.4, 0.5) is 5.69 Å². The lowest BCUT2D eigenvalue weighted by Gasteiger charge is -2.21. The maximum absolute atomic E-state index is 13.1. The molecule has 3 aromatic carbocycles. The Balaban J connectivity index is 1.78. The number of carbonyl (C=O) groups is 2. The number of amides is 1. The monoisotopic (exact) mass is 403 g/mol. The Morgan fingerprint density at radius 3 is 2.17 bits per heavy atom. The van der Waals surface area contributed by atoms with Crippen LogP contribution in [0.15, 0.2) is 78.9 Å². The molecule has 0 unspecified atom stereocenters. The van der Waals surface area contributed by atoms with Gasteiger partial charge in [0.1, 0.15) is 5.75 Å². The fourth-order valence-corrected chi connectivity index (χ4v) is 2.93. The normalized spacial score (nSPS) is 12.5. The minimum Gasteiger partial charge on any atom is -0.479 e. The summed E-state index contributed by atoms with van der Waals surface area (Å²) in [4.78, 5) is 25.7. The molecule has 0 heterocycles. The van der Waals surface area contributed by atoms with Crippen LogP contribution in [0.5, 0.6) is 5.75 Å². The minimum absolute atomic E-state index is 0.421. The molecule has 0 saturated carbocycles. The molecule has 2 atom stereocenters. The van der Waals surface area contributed by atoms with E-state index < -0.39 is 24.1 Å². The molecule has 0 aromatic heterocycles. The van der Waals surface area contributed by atoms with E-state index >= 15 is 0 Å². The van der Waals surface area contributed by atoms with Crippen molar-refractivity contribution in [3.05, 3.63) is 95.6 Å². The Hall–Kier alpha value is -3.60. The highest BCUT2D eigenvalue weighted by Gasteiger charge is 2.28. The molecule has 0 aliphatic heterocycles. The number of esters is 1. The van der Waals surface area contributed by atoms with Crippen molar-refractivity contribution in [2.75, 3.05) is 5.32 Å². The molecule has 0 radical (unpaired) electrons. The average molecular weight is 403 g/mol. The van der Waals surface area contributed by atoms with E-state index in [0.29, 0.717) is 17.0 Å². The molecule has 30 heavy (non-hydrogen) atoms. The predicted octanol–water partition coefficient (Wildman–Crippen LogP) is 4.99. The molecule has 0 fully saturated rings. The van der Waals surface area contributed by atoms with E-state index in [1.165, 1.54) is 0 Å². The third kappa shape index (κ3) is 5.47. The first-order valence-corrected chi connectivity index (χ1v) is 9.79. The van der Waals surface area contributed by atoms with Crippen molar-refractivity contribution in [2.45, 2.75) is 33.0 Å². The van der Waals surface area contributed by atoms with Crippen LogP contribution in [0.2, 0.25) is 0 Å². The molecule has 1 amide bonds. The lowest BCUT2D eigenvalue weighted by atomic mass is 10.1. The van der Waals surface area contributed by atoms with E-state index in [-0.39, 0.29) is 0 Å². The van der Waals surface area contributed by atoms with Gasteiger partial charge in [0.25, 0.3) is 5.91 Å². The standard InChI is InChI=1S/C25H25NO4/c1-17-14-15-18(2)22(16-17)26-24(27)23(20-10-6-4-7-11-20)30-25(28)19(3)29-21-12-8-5-9-13-21/h4-16,19,23H,1-3H3,(H,26,27)/t19-,23-/m1/s1. The number of aryl methyl sites for hydroxylation is 2. The highest BCUT2D eigenvalue weighted by atomic mass is 16.6. The molecule has 0 bridgehead atoms. The Morgan fingerprint density at radius 2 is 1.50 bits per heavy atom. The second-order valence-electron chi connectivity index (χ2n) is 7.11. The van der Waals surface area contributed by atoms with Gasteiger partial charge in [0.2, 0.25) is 6.10 Å². The maximum Gasteiger partial charge on any atom is 0.348 e. The third-order valence-corrected chi connectivity index (χ3v) is 4.61. The van der Waals surface area contributed by atoms with Gasteiger partial charge in [0.05, 0.1) is 0 Å². The van der Waals surface area contributed by atoms with Gasteiger partial charge in [0, 0.05) is 11.3 Å². The summed E-state index contributed by atoms with van der Waals surface area (Å²) in [6, 6.07) is 23.7. The number of ether oxygens (including phenoxy) is 2. The van der Waals surface area contributed by atoms with Crippen LogP contribution in [0.3, 0.4) is 0 Å². The van der Waals surface area contributed by atoms with E-state index in [2.05, 4.69) is 5.32 Å². The largest absolute Gasteiger partial charge is 0.479 e. The van der Waals surface area contributed by atoms with Crippen molar-refractivity contribution in [1.29, 1.82) is 0 Å². The fourth-order valence-electron chi connectivity index (χ4n) is 2.93. The molecule has 0 spiro atoms. The predicted molar refractivity (Wildman–Crippen MR) is 116 cm³/mol. The van der Waals surface area contributed by atoms with Gasteiger partial charge >= 0.3 is 5.97 Å². The maximum atomic E-state index is 13.1. The smallest absolute Gasteiger partial charge is 0.348 e. The highest BCUT2D eigenvalue weighted by molar-refractivity contribution is 5.97. The topological polar surface area (TPSA) is 64.6 Å². The van der Waals surface area contributed by atoms with Crippen molar-refractivity contribution in [3.8, 4) is 5.75 Å². The number of carbonyl (C=O) groups excluding carboxylic acids is 2. The lowest BCUT2D eigenvalue weighted by molar-refractivity contribution is -0.161. The third-order valence-electron chi connectivity index (χ3n) is 4.61. The second-order valence-corrected chi connectivity index (χ2v) is 7.11. The number of nitrogens with one attached hydrogen (secondary N) is 1. The molecule has 0 saturated heterocycles. The van der Waals surface area contributed by atoms with Gasteiger partial charge in [-0.2, -0.15) is 0 Å². The van der Waals surface area contributed by atoms with Crippen LogP contribution in [0.1, 0.15) is 29.7 Å². The van der Waals surface area contributed by atoms with E-state index in [1.54, 1.807) is 43.3 Å². The van der Waals surface area contributed by atoms with E-state index in [0.717, 1.165) is 11.1 Å². The summed E-state index contributed by atoms with van der Waals surface area (Å²) < 4.78 is 11.2. The molecule has 5 nitrogen and oxygen atoms in total. The van der Waals surface area contributed by atoms with Crippen molar-refractivity contribution >= 4 is 17.6 Å². The summed E-state index contributed by atoms with van der Waals surface area (Å²) in [6.45, 7) is 5.46. The molecule has 154 valence electrons. The van der Waals surface area contributed by atoms with Gasteiger partial charge < -0.3 is 14.8 Å². The van der Waals surface area contributed by atoms with Crippen molar-refractivity contribution in [1.82, 2.24) is 0 Å². The zero-order valence-electron chi connectivity index (χ0n) is 17.3. The first-order chi connectivity index (χ1) is 14.4. The number of hydrogen-bond acceptors (Lipinski definition) is 4. The number of hydrogen-bond donors (Lipinski definition) is 1. The van der Waals surface area contributed by atoms with Crippen molar-refractivity contribution in [3.63, 3.8) is 0 Å². The van der Waals surface area contributed by atoms with Crippen LogP contribution in [0, 0.1) is 13.8 Å². The fraction of sp³-hybridized carbons (Fsp3) is 0.200. The number of para-hydroxylation sites is 1. The van der Waals surface area contributed by atoms with Crippen LogP contribution in [-0.2, 0) is 14.3 Å². The molecule has 1 N–H and O–H groups in total. The number of rotatable bonds is 7. The molecular formula is C25H25NO4. The quantitative estimate of drug-likeness (QED) is 0.564. The van der Waals surface area contributed by atoms with Crippen LogP contribution >= 0.6 is 0 Å². The highest BCUT2D eigenvalue weighted by Crippen LogP contribution is 2.23. The summed E-state index contributed by atoms with van der Waals surface area (Å²) in [5.41, 5.74) is 3.22.